The maximum absolute atomic E-state index is 12.0. The lowest BCUT2D eigenvalue weighted by atomic mass is 9.88. The zero-order valence-corrected chi connectivity index (χ0v) is 19.3. The van der Waals surface area contributed by atoms with Gasteiger partial charge in [-0.05, 0) is 74.1 Å². The third-order valence-electron chi connectivity index (χ3n) is 6.83. The Hall–Kier alpha value is -2.18. The highest BCUT2D eigenvalue weighted by atomic mass is 16.5. The second kappa shape index (κ2) is 11.1. The zero-order valence-electron chi connectivity index (χ0n) is 19.3. The quantitative estimate of drug-likeness (QED) is 0.499. The topological polar surface area (TPSA) is 74.7 Å². The molecular formula is C26H37N3O3. The van der Waals surface area contributed by atoms with Gasteiger partial charge in [0.15, 0.2) is 0 Å². The molecule has 0 amide bonds. The van der Waals surface area contributed by atoms with Gasteiger partial charge in [-0.15, -0.1) is 0 Å². The summed E-state index contributed by atoms with van der Waals surface area (Å²) >= 11 is 0. The van der Waals surface area contributed by atoms with Crippen LogP contribution in [0.15, 0.2) is 35.4 Å². The number of likely N-dealkylation sites (tertiary alicyclic amines) is 1. The summed E-state index contributed by atoms with van der Waals surface area (Å²) in [6.45, 7) is 5.29. The van der Waals surface area contributed by atoms with Crippen LogP contribution in [-0.2, 0) is 22.4 Å². The number of nitrogens with zero attached hydrogens (tertiary/aromatic N) is 2. The molecule has 174 valence electrons. The minimum atomic E-state index is -0.748. The van der Waals surface area contributed by atoms with Crippen molar-refractivity contribution in [1.29, 1.82) is 0 Å². The molecule has 1 fully saturated rings. The van der Waals surface area contributed by atoms with Gasteiger partial charge in [0.05, 0.1) is 6.10 Å². The Morgan fingerprint density at radius 3 is 2.91 bits per heavy atom. The molecule has 1 aromatic heterocycles. The number of aliphatic carboxylic acids is 1. The molecule has 2 N–H and O–H groups in total. The molecule has 1 aromatic rings. The average Bonchev–Trinajstić information content (AvgIpc) is 2.79. The lowest BCUT2D eigenvalue weighted by molar-refractivity contribution is -0.147. The van der Waals surface area contributed by atoms with E-state index in [0.29, 0.717) is 13.1 Å². The van der Waals surface area contributed by atoms with E-state index in [9.17, 15) is 9.90 Å². The molecule has 6 heteroatoms. The van der Waals surface area contributed by atoms with E-state index in [2.05, 4.69) is 36.5 Å². The highest BCUT2D eigenvalue weighted by Crippen LogP contribution is 2.30. The number of hydrogen-bond acceptors (Lipinski definition) is 5. The lowest BCUT2D eigenvalue weighted by Gasteiger charge is -2.43. The Balaban J connectivity index is 1.13. The van der Waals surface area contributed by atoms with Gasteiger partial charge >= 0.3 is 5.97 Å². The lowest BCUT2D eigenvalue weighted by Crippen LogP contribution is -2.59. The van der Waals surface area contributed by atoms with Crippen LogP contribution in [0.4, 0.5) is 5.82 Å². The van der Waals surface area contributed by atoms with Gasteiger partial charge in [0.1, 0.15) is 11.9 Å². The molecule has 0 aromatic carbocycles. The van der Waals surface area contributed by atoms with E-state index in [-0.39, 0.29) is 6.10 Å². The van der Waals surface area contributed by atoms with Crippen molar-refractivity contribution >= 4 is 11.8 Å². The fourth-order valence-electron chi connectivity index (χ4n) is 5.00. The van der Waals surface area contributed by atoms with Crippen LogP contribution in [0.1, 0.15) is 63.1 Å². The van der Waals surface area contributed by atoms with E-state index in [0.717, 1.165) is 75.9 Å². The molecular weight excluding hydrogens is 402 g/mol. The first-order valence-corrected chi connectivity index (χ1v) is 12.4. The summed E-state index contributed by atoms with van der Waals surface area (Å²) in [5.41, 5.74) is 4.70. The zero-order chi connectivity index (χ0) is 22.3. The minimum Gasteiger partial charge on any atom is -0.480 e. The number of ether oxygens (including phenoxy) is 1. The maximum Gasteiger partial charge on any atom is 0.325 e. The van der Waals surface area contributed by atoms with Gasteiger partial charge in [-0.25, -0.2) is 4.98 Å². The van der Waals surface area contributed by atoms with Crippen LogP contribution in [-0.4, -0.2) is 59.3 Å². The number of anilines is 1. The predicted molar refractivity (Wildman–Crippen MR) is 127 cm³/mol. The summed E-state index contributed by atoms with van der Waals surface area (Å²) in [6, 6.07) is 3.87. The van der Waals surface area contributed by atoms with Crippen molar-refractivity contribution in [1.82, 2.24) is 9.88 Å². The summed E-state index contributed by atoms with van der Waals surface area (Å²) in [5.74, 6) is 0.332. The average molecular weight is 440 g/mol. The highest BCUT2D eigenvalue weighted by molar-refractivity contribution is 5.79. The number of fused-ring (bicyclic) bond motifs is 1. The SMILES string of the molecule is CCC1=CCCC=C1C(C(=O)O)N1CC(OCCCCCc2ccc3c(n2)NCCC3)C1. The number of carboxylic acids is 1. The number of pyridine rings is 1. The molecule has 6 nitrogen and oxygen atoms in total. The van der Waals surface area contributed by atoms with E-state index in [1.54, 1.807) is 0 Å². The number of nitrogens with one attached hydrogen (secondary N) is 1. The van der Waals surface area contributed by atoms with E-state index in [1.807, 2.05) is 4.90 Å². The van der Waals surface area contributed by atoms with Gasteiger partial charge in [0.25, 0.3) is 0 Å². The first-order chi connectivity index (χ1) is 15.7. The van der Waals surface area contributed by atoms with E-state index in [1.165, 1.54) is 23.3 Å². The largest absolute Gasteiger partial charge is 0.480 e. The Morgan fingerprint density at radius 2 is 2.09 bits per heavy atom. The van der Waals surface area contributed by atoms with Crippen LogP contribution in [0, 0.1) is 0 Å². The molecule has 0 bridgehead atoms. The number of unbranched alkanes of at least 4 members (excludes halogenated alkanes) is 2. The van der Waals surface area contributed by atoms with E-state index in [4.69, 9.17) is 9.72 Å². The monoisotopic (exact) mass is 439 g/mol. The summed E-state index contributed by atoms with van der Waals surface area (Å²) in [5, 5.41) is 13.2. The molecule has 4 rings (SSSR count). The highest BCUT2D eigenvalue weighted by Gasteiger charge is 2.39. The normalized spacial score (nSPS) is 19.9. The first-order valence-electron chi connectivity index (χ1n) is 12.4. The second-order valence-corrected chi connectivity index (χ2v) is 9.16. The fourth-order valence-corrected chi connectivity index (χ4v) is 5.00. The number of hydrogen-bond donors (Lipinski definition) is 2. The van der Waals surface area contributed by atoms with Gasteiger partial charge < -0.3 is 15.2 Å². The van der Waals surface area contributed by atoms with Crippen molar-refractivity contribution in [2.24, 2.45) is 0 Å². The molecule has 32 heavy (non-hydrogen) atoms. The number of rotatable bonds is 11. The molecule has 1 aliphatic carbocycles. The molecule has 1 atom stereocenters. The number of carboxylic acid groups (broad SMARTS) is 1. The van der Waals surface area contributed by atoms with Gasteiger partial charge in [-0.1, -0.05) is 31.6 Å². The van der Waals surface area contributed by atoms with Gasteiger partial charge in [0, 0.05) is 31.9 Å². The van der Waals surface area contributed by atoms with Crippen LogP contribution in [0.25, 0.3) is 0 Å². The van der Waals surface area contributed by atoms with Crippen LogP contribution >= 0.6 is 0 Å². The number of aryl methyl sites for hydroxylation is 2. The Morgan fingerprint density at radius 1 is 1.25 bits per heavy atom. The molecule has 0 spiro atoms. The predicted octanol–water partition coefficient (Wildman–Crippen LogP) is 4.36. The van der Waals surface area contributed by atoms with Gasteiger partial charge in [-0.2, -0.15) is 0 Å². The van der Waals surface area contributed by atoms with Crippen molar-refractivity contribution in [3.8, 4) is 0 Å². The van der Waals surface area contributed by atoms with E-state index < -0.39 is 12.0 Å². The van der Waals surface area contributed by atoms with Crippen molar-refractivity contribution in [2.45, 2.75) is 76.9 Å². The van der Waals surface area contributed by atoms with Crippen LogP contribution < -0.4 is 5.32 Å². The van der Waals surface area contributed by atoms with Crippen LogP contribution in [0.2, 0.25) is 0 Å². The minimum absolute atomic E-state index is 0.156. The van der Waals surface area contributed by atoms with Crippen molar-refractivity contribution < 1.29 is 14.6 Å². The molecule has 1 unspecified atom stereocenters. The van der Waals surface area contributed by atoms with Crippen molar-refractivity contribution in [3.63, 3.8) is 0 Å². The Labute approximate surface area is 191 Å². The second-order valence-electron chi connectivity index (χ2n) is 9.16. The number of aromatic nitrogens is 1. The van der Waals surface area contributed by atoms with Crippen molar-refractivity contribution in [2.75, 3.05) is 31.6 Å². The molecule has 0 saturated carbocycles. The summed E-state index contributed by atoms with van der Waals surface area (Å²) in [6.07, 6.45) is 13.9. The molecule has 1 saturated heterocycles. The number of allylic oxidation sites excluding steroid dienone is 2. The standard InChI is InChI=1S/C26H37N3O3/c1-2-19-9-5-6-12-23(19)24(26(30)31)29-17-22(18-29)32-16-7-3-4-11-21-14-13-20-10-8-15-27-25(20)28-21/h9,12-14,22,24H,2-8,10-11,15-18H2,1H3,(H,27,28)(H,30,31). The summed E-state index contributed by atoms with van der Waals surface area (Å²) < 4.78 is 6.01. The number of carbonyl (C=O) groups is 1. The smallest absolute Gasteiger partial charge is 0.325 e. The summed E-state index contributed by atoms with van der Waals surface area (Å²) in [7, 11) is 0. The molecule has 3 aliphatic rings. The van der Waals surface area contributed by atoms with E-state index >= 15 is 0 Å². The maximum atomic E-state index is 12.0. The van der Waals surface area contributed by atoms with Crippen LogP contribution in [0.3, 0.4) is 0 Å². The molecule has 3 heterocycles. The van der Waals surface area contributed by atoms with Gasteiger partial charge in [0.2, 0.25) is 0 Å². The van der Waals surface area contributed by atoms with Crippen LogP contribution in [0.5, 0.6) is 0 Å². The summed E-state index contributed by atoms with van der Waals surface area (Å²) in [4.78, 5) is 18.8. The first kappa shape index (κ1) is 23.0. The third-order valence-corrected chi connectivity index (χ3v) is 6.83. The Kier molecular flexibility index (Phi) is 7.98. The fraction of sp³-hybridized carbons (Fsp3) is 0.615. The molecule has 0 radical (unpaired) electrons. The third kappa shape index (κ3) is 5.59. The van der Waals surface area contributed by atoms with Crippen molar-refractivity contribution in [3.05, 3.63) is 46.7 Å². The van der Waals surface area contributed by atoms with Gasteiger partial charge in [-0.3, -0.25) is 9.69 Å². The molecule has 2 aliphatic heterocycles. The Bertz CT molecular complexity index is 858.